The molecular weight excluding hydrogens is 264 g/mol. The van der Waals surface area contributed by atoms with Gasteiger partial charge in [-0.25, -0.2) is 0 Å². The van der Waals surface area contributed by atoms with Gasteiger partial charge in [0.2, 0.25) is 0 Å². The topological polar surface area (TPSA) is 72.6 Å². The number of piperidine rings is 1. The van der Waals surface area contributed by atoms with Crippen LogP contribution in [0.3, 0.4) is 0 Å². The number of carbonyl (C=O) groups is 2. The number of ether oxygens (including phenoxy) is 1. The minimum Gasteiger partial charge on any atom is -0.469 e. The molecule has 1 aliphatic heterocycles. The minimum atomic E-state index is -0.177. The van der Waals surface area contributed by atoms with Crippen LogP contribution in [0.4, 0.5) is 5.69 Å². The van der Waals surface area contributed by atoms with Gasteiger partial charge < -0.3 is 15.4 Å². The number of hydrogen-bond acceptors (Lipinski definition) is 5. The molecule has 0 spiro atoms. The van der Waals surface area contributed by atoms with E-state index in [9.17, 15) is 9.59 Å². The molecule has 2 heterocycles. The van der Waals surface area contributed by atoms with E-state index in [0.29, 0.717) is 36.5 Å². The Bertz CT molecular complexity index is 471. The Balaban J connectivity index is 1.98. The van der Waals surface area contributed by atoms with E-state index >= 15 is 0 Å². The fourth-order valence-electron chi connectivity index (χ4n) is 2.24. The van der Waals surface area contributed by atoms with Crippen molar-refractivity contribution in [3.05, 3.63) is 15.8 Å². The molecule has 0 atom stereocenters. The summed E-state index contributed by atoms with van der Waals surface area (Å²) in [7, 11) is 1.40. The van der Waals surface area contributed by atoms with Crippen molar-refractivity contribution >= 4 is 28.9 Å². The lowest BCUT2D eigenvalue weighted by Crippen LogP contribution is -2.40. The van der Waals surface area contributed by atoms with E-state index < -0.39 is 0 Å². The van der Waals surface area contributed by atoms with Gasteiger partial charge in [0.1, 0.15) is 0 Å². The van der Waals surface area contributed by atoms with Crippen LogP contribution in [0.5, 0.6) is 0 Å². The van der Waals surface area contributed by atoms with Gasteiger partial charge in [0.25, 0.3) is 5.91 Å². The average Bonchev–Trinajstić information content (AvgIpc) is 2.77. The van der Waals surface area contributed by atoms with Crippen LogP contribution >= 0.6 is 11.3 Å². The van der Waals surface area contributed by atoms with Gasteiger partial charge in [-0.2, -0.15) is 0 Å². The predicted octanol–water partition coefficient (Wildman–Crippen LogP) is 1.66. The number of nitrogen functional groups attached to an aromatic ring is 1. The summed E-state index contributed by atoms with van der Waals surface area (Å²) < 4.78 is 4.73. The quantitative estimate of drug-likeness (QED) is 0.837. The highest BCUT2D eigenvalue weighted by Crippen LogP contribution is 2.26. The average molecular weight is 282 g/mol. The molecule has 0 bridgehead atoms. The number of rotatable bonds is 2. The highest BCUT2D eigenvalue weighted by molar-refractivity contribution is 7.14. The number of nitrogens with zero attached hydrogens (tertiary/aromatic N) is 1. The highest BCUT2D eigenvalue weighted by atomic mass is 32.1. The molecule has 1 aliphatic rings. The first-order valence-corrected chi connectivity index (χ1v) is 7.07. The number of carbonyl (C=O) groups excluding carboxylic acids is 2. The van der Waals surface area contributed by atoms with Gasteiger partial charge in [-0.15, -0.1) is 11.3 Å². The molecule has 104 valence electrons. The SMILES string of the molecule is COC(=O)C1CCN(C(=O)c2cc(N)c(C)s2)CC1. The Morgan fingerprint density at radius 3 is 2.53 bits per heavy atom. The van der Waals surface area contributed by atoms with E-state index in [0.717, 1.165) is 4.88 Å². The normalized spacial score (nSPS) is 16.4. The monoisotopic (exact) mass is 282 g/mol. The zero-order valence-corrected chi connectivity index (χ0v) is 12.0. The second-order valence-corrected chi connectivity index (χ2v) is 5.97. The number of thiophene rings is 1. The number of aryl methyl sites for hydroxylation is 1. The summed E-state index contributed by atoms with van der Waals surface area (Å²) in [5.74, 6) is -0.249. The van der Waals surface area contributed by atoms with Crippen molar-refractivity contribution < 1.29 is 14.3 Å². The molecule has 1 fully saturated rings. The molecule has 5 nitrogen and oxygen atoms in total. The zero-order chi connectivity index (χ0) is 14.0. The van der Waals surface area contributed by atoms with Gasteiger partial charge in [0.05, 0.1) is 17.9 Å². The first-order chi connectivity index (χ1) is 9.02. The molecule has 0 aromatic carbocycles. The number of amides is 1. The van der Waals surface area contributed by atoms with Gasteiger partial charge in [-0.05, 0) is 25.8 Å². The molecule has 1 aromatic heterocycles. The molecule has 1 amide bonds. The van der Waals surface area contributed by atoms with E-state index in [1.807, 2.05) is 6.92 Å². The number of methoxy groups -OCH3 is 1. The molecular formula is C13H18N2O3S. The molecule has 6 heteroatoms. The molecule has 1 aromatic rings. The van der Waals surface area contributed by atoms with Crippen LogP contribution in [-0.4, -0.2) is 37.0 Å². The lowest BCUT2D eigenvalue weighted by molar-refractivity contribution is -0.146. The maximum absolute atomic E-state index is 12.3. The zero-order valence-electron chi connectivity index (χ0n) is 11.1. The third-order valence-electron chi connectivity index (χ3n) is 3.48. The van der Waals surface area contributed by atoms with Crippen molar-refractivity contribution in [2.45, 2.75) is 19.8 Å². The number of likely N-dealkylation sites (tertiary alicyclic amines) is 1. The molecule has 0 radical (unpaired) electrons. The first-order valence-electron chi connectivity index (χ1n) is 6.26. The smallest absolute Gasteiger partial charge is 0.308 e. The third kappa shape index (κ3) is 2.89. The molecule has 0 unspecified atom stereocenters. The molecule has 0 saturated carbocycles. The summed E-state index contributed by atoms with van der Waals surface area (Å²) in [6.45, 7) is 3.09. The van der Waals surface area contributed by atoms with Crippen molar-refractivity contribution in [2.24, 2.45) is 5.92 Å². The summed E-state index contributed by atoms with van der Waals surface area (Å²) in [6.07, 6.45) is 1.33. The molecule has 0 aliphatic carbocycles. The van der Waals surface area contributed by atoms with Crippen molar-refractivity contribution in [1.29, 1.82) is 0 Å². The Morgan fingerprint density at radius 1 is 1.42 bits per heavy atom. The van der Waals surface area contributed by atoms with E-state index in [1.165, 1.54) is 18.4 Å². The second-order valence-electron chi connectivity index (χ2n) is 4.71. The Labute approximate surface area is 116 Å². The maximum atomic E-state index is 12.3. The summed E-state index contributed by atoms with van der Waals surface area (Å²) in [5.41, 5.74) is 6.43. The van der Waals surface area contributed by atoms with Gasteiger partial charge >= 0.3 is 5.97 Å². The highest BCUT2D eigenvalue weighted by Gasteiger charge is 2.28. The van der Waals surface area contributed by atoms with Crippen LogP contribution in [-0.2, 0) is 9.53 Å². The van der Waals surface area contributed by atoms with Crippen LogP contribution in [0.25, 0.3) is 0 Å². The van der Waals surface area contributed by atoms with Gasteiger partial charge in [0, 0.05) is 23.7 Å². The fraction of sp³-hybridized carbons (Fsp3) is 0.538. The predicted molar refractivity (Wildman–Crippen MR) is 74.1 cm³/mol. The third-order valence-corrected chi connectivity index (χ3v) is 4.54. The van der Waals surface area contributed by atoms with Crippen LogP contribution in [0.1, 0.15) is 27.4 Å². The van der Waals surface area contributed by atoms with Gasteiger partial charge in [0.15, 0.2) is 0 Å². The van der Waals surface area contributed by atoms with E-state index in [4.69, 9.17) is 10.5 Å². The summed E-state index contributed by atoms with van der Waals surface area (Å²) >= 11 is 1.42. The Morgan fingerprint density at radius 2 is 2.05 bits per heavy atom. The van der Waals surface area contributed by atoms with Crippen molar-refractivity contribution in [3.63, 3.8) is 0 Å². The lowest BCUT2D eigenvalue weighted by atomic mass is 9.97. The second kappa shape index (κ2) is 5.61. The lowest BCUT2D eigenvalue weighted by Gasteiger charge is -2.30. The first kappa shape index (κ1) is 13.9. The Kier molecular flexibility index (Phi) is 4.09. The summed E-state index contributed by atoms with van der Waals surface area (Å²) in [6, 6.07) is 1.73. The molecule has 19 heavy (non-hydrogen) atoms. The largest absolute Gasteiger partial charge is 0.469 e. The van der Waals surface area contributed by atoms with Gasteiger partial charge in [-0.1, -0.05) is 0 Å². The van der Waals surface area contributed by atoms with Crippen LogP contribution < -0.4 is 5.73 Å². The van der Waals surface area contributed by atoms with E-state index in [-0.39, 0.29) is 17.8 Å². The fourth-order valence-corrected chi connectivity index (χ4v) is 3.15. The van der Waals surface area contributed by atoms with E-state index in [1.54, 1.807) is 11.0 Å². The standard InChI is InChI=1S/C13H18N2O3S/c1-8-10(14)7-11(19-8)12(16)15-5-3-9(4-6-15)13(17)18-2/h7,9H,3-6,14H2,1-2H3. The summed E-state index contributed by atoms with van der Waals surface area (Å²) in [4.78, 5) is 27.1. The number of esters is 1. The van der Waals surface area contributed by atoms with Crippen molar-refractivity contribution in [3.8, 4) is 0 Å². The number of nitrogens with two attached hydrogens (primary N) is 1. The van der Waals surface area contributed by atoms with Crippen LogP contribution in [0.2, 0.25) is 0 Å². The number of hydrogen-bond donors (Lipinski definition) is 1. The van der Waals surface area contributed by atoms with E-state index in [2.05, 4.69) is 0 Å². The maximum Gasteiger partial charge on any atom is 0.308 e. The molecule has 2 rings (SSSR count). The van der Waals surface area contributed by atoms with Gasteiger partial charge in [-0.3, -0.25) is 9.59 Å². The van der Waals surface area contributed by atoms with Crippen LogP contribution in [0.15, 0.2) is 6.07 Å². The minimum absolute atomic E-state index is 0.00751. The van der Waals surface area contributed by atoms with Crippen molar-refractivity contribution in [2.75, 3.05) is 25.9 Å². The summed E-state index contributed by atoms with van der Waals surface area (Å²) in [5, 5.41) is 0. The van der Waals surface area contributed by atoms with Crippen LogP contribution in [0, 0.1) is 12.8 Å². The van der Waals surface area contributed by atoms with Crippen molar-refractivity contribution in [1.82, 2.24) is 4.90 Å². The number of anilines is 1. The Hall–Kier alpha value is -1.56. The molecule has 2 N–H and O–H groups in total. The molecule has 1 saturated heterocycles.